The topological polar surface area (TPSA) is 69.9 Å². The van der Waals surface area contributed by atoms with Crippen LogP contribution >= 0.6 is 11.3 Å². The Morgan fingerprint density at radius 1 is 1.06 bits per heavy atom. The Bertz CT molecular complexity index is 1500. The summed E-state index contributed by atoms with van der Waals surface area (Å²) in [5.74, 6) is -0.197. The van der Waals surface area contributed by atoms with Gasteiger partial charge in [-0.25, -0.2) is 15.0 Å². The molecule has 0 aliphatic heterocycles. The Labute approximate surface area is 201 Å². The van der Waals surface area contributed by atoms with Crippen LogP contribution in [0.1, 0.15) is 37.4 Å². The number of aromatic nitrogens is 4. The first-order valence-electron chi connectivity index (χ1n) is 11.6. The fourth-order valence-electron chi connectivity index (χ4n) is 4.59. The number of carbonyl (C=O) groups is 1. The Balaban J connectivity index is 1.32. The SMILES string of the molecule is CCOC(=O)CCn1cnc2ccc(-c3nc4ccc(C5(c6ccccc6)CC5)nc4s3)cc21. The van der Waals surface area contributed by atoms with Gasteiger partial charge in [0.1, 0.15) is 15.4 Å². The van der Waals surface area contributed by atoms with Crippen molar-refractivity contribution in [1.82, 2.24) is 19.5 Å². The predicted molar refractivity (Wildman–Crippen MR) is 134 cm³/mol. The molecule has 0 radical (unpaired) electrons. The van der Waals surface area contributed by atoms with Crippen LogP contribution in [0.15, 0.2) is 67.0 Å². The van der Waals surface area contributed by atoms with Gasteiger partial charge in [0.25, 0.3) is 0 Å². The highest BCUT2D eigenvalue weighted by Crippen LogP contribution is 2.53. The van der Waals surface area contributed by atoms with Crippen molar-refractivity contribution in [1.29, 1.82) is 0 Å². The van der Waals surface area contributed by atoms with E-state index in [1.165, 1.54) is 5.56 Å². The van der Waals surface area contributed by atoms with Crippen LogP contribution < -0.4 is 0 Å². The summed E-state index contributed by atoms with van der Waals surface area (Å²) in [7, 11) is 0. The molecule has 1 saturated carbocycles. The van der Waals surface area contributed by atoms with E-state index in [4.69, 9.17) is 14.7 Å². The van der Waals surface area contributed by atoms with E-state index in [1.54, 1.807) is 17.7 Å². The van der Waals surface area contributed by atoms with Crippen molar-refractivity contribution in [3.63, 3.8) is 0 Å². The van der Waals surface area contributed by atoms with Gasteiger partial charge >= 0.3 is 5.97 Å². The van der Waals surface area contributed by atoms with Gasteiger partial charge in [-0.2, -0.15) is 0 Å². The number of imidazole rings is 1. The predicted octanol–water partition coefficient (Wildman–Crippen LogP) is 5.74. The van der Waals surface area contributed by atoms with Gasteiger partial charge in [0.15, 0.2) is 0 Å². The van der Waals surface area contributed by atoms with Crippen LogP contribution in [0.5, 0.6) is 0 Å². The van der Waals surface area contributed by atoms with Crippen molar-refractivity contribution in [2.24, 2.45) is 0 Å². The van der Waals surface area contributed by atoms with Crippen LogP contribution in [0.3, 0.4) is 0 Å². The monoisotopic (exact) mass is 468 g/mol. The van der Waals surface area contributed by atoms with Gasteiger partial charge in [-0.05, 0) is 55.7 Å². The Morgan fingerprint density at radius 2 is 1.88 bits per heavy atom. The van der Waals surface area contributed by atoms with Gasteiger partial charge in [0.2, 0.25) is 0 Å². The maximum Gasteiger partial charge on any atom is 0.307 e. The number of ether oxygens (including phenoxy) is 1. The average Bonchev–Trinajstić information content (AvgIpc) is 3.41. The molecule has 1 aliphatic rings. The van der Waals surface area contributed by atoms with Gasteiger partial charge in [-0.15, -0.1) is 0 Å². The molecule has 34 heavy (non-hydrogen) atoms. The van der Waals surface area contributed by atoms with Crippen LogP contribution in [0.2, 0.25) is 0 Å². The lowest BCUT2D eigenvalue weighted by molar-refractivity contribution is -0.143. The van der Waals surface area contributed by atoms with E-state index in [9.17, 15) is 4.79 Å². The summed E-state index contributed by atoms with van der Waals surface area (Å²) < 4.78 is 7.05. The zero-order chi connectivity index (χ0) is 23.1. The third kappa shape index (κ3) is 3.66. The normalized spacial score (nSPS) is 14.5. The first kappa shape index (κ1) is 21.0. The number of nitrogens with zero attached hydrogens (tertiary/aromatic N) is 4. The van der Waals surface area contributed by atoms with E-state index in [0.29, 0.717) is 19.6 Å². The molecule has 1 fully saturated rings. The van der Waals surface area contributed by atoms with Gasteiger partial charge in [-0.1, -0.05) is 41.7 Å². The fraction of sp³-hybridized carbons (Fsp3) is 0.259. The molecule has 0 amide bonds. The number of hydrogen-bond donors (Lipinski definition) is 0. The second kappa shape index (κ2) is 8.33. The van der Waals surface area contributed by atoms with Crippen LogP contribution in [0.4, 0.5) is 0 Å². The summed E-state index contributed by atoms with van der Waals surface area (Å²) in [5.41, 5.74) is 6.34. The number of fused-ring (bicyclic) bond motifs is 2. The summed E-state index contributed by atoms with van der Waals surface area (Å²) in [5, 5.41) is 0.934. The van der Waals surface area contributed by atoms with Gasteiger partial charge in [0.05, 0.1) is 36.1 Å². The van der Waals surface area contributed by atoms with Gasteiger partial charge in [-0.3, -0.25) is 4.79 Å². The average molecular weight is 469 g/mol. The minimum absolute atomic E-state index is 0.0456. The molecule has 7 heteroatoms. The number of thiazole rings is 1. The molecule has 170 valence electrons. The van der Waals surface area contributed by atoms with E-state index in [2.05, 4.69) is 59.6 Å². The highest BCUT2D eigenvalue weighted by molar-refractivity contribution is 7.21. The highest BCUT2D eigenvalue weighted by atomic mass is 32.1. The van der Waals surface area contributed by atoms with Gasteiger partial charge < -0.3 is 9.30 Å². The Hall–Kier alpha value is -3.58. The smallest absolute Gasteiger partial charge is 0.307 e. The van der Waals surface area contributed by atoms with Gasteiger partial charge in [0, 0.05) is 17.5 Å². The molecule has 0 spiro atoms. The summed E-state index contributed by atoms with van der Waals surface area (Å²) in [6, 6.07) is 21.1. The number of hydrogen-bond acceptors (Lipinski definition) is 6. The molecule has 5 aromatic rings. The lowest BCUT2D eigenvalue weighted by Gasteiger charge is -2.14. The van der Waals surface area contributed by atoms with Crippen molar-refractivity contribution in [3.8, 4) is 10.6 Å². The number of rotatable bonds is 7. The molecule has 1 aliphatic carbocycles. The van der Waals surface area contributed by atoms with Crippen LogP contribution in [0.25, 0.3) is 32.0 Å². The third-order valence-electron chi connectivity index (χ3n) is 6.55. The van der Waals surface area contributed by atoms with Crippen molar-refractivity contribution in [3.05, 3.63) is 78.2 Å². The van der Waals surface area contributed by atoms with E-state index in [-0.39, 0.29) is 11.4 Å². The largest absolute Gasteiger partial charge is 0.466 e. The Kier molecular flexibility index (Phi) is 5.14. The number of aryl methyl sites for hydroxylation is 1. The summed E-state index contributed by atoms with van der Waals surface area (Å²) >= 11 is 1.62. The zero-order valence-corrected chi connectivity index (χ0v) is 19.7. The molecule has 0 atom stereocenters. The zero-order valence-electron chi connectivity index (χ0n) is 18.9. The standard InChI is InChI=1S/C27H24N4O2S/c1-2-33-24(32)12-15-31-17-28-20-9-8-18(16-22(20)31)25-29-21-10-11-23(30-26(21)34-25)27(13-14-27)19-6-4-3-5-7-19/h3-11,16-17H,2,12-15H2,1H3. The number of benzene rings is 2. The molecule has 3 heterocycles. The summed E-state index contributed by atoms with van der Waals surface area (Å²) in [6.07, 6.45) is 4.36. The molecular formula is C27H24N4O2S. The van der Waals surface area contributed by atoms with E-state index < -0.39 is 0 Å². The molecule has 0 saturated heterocycles. The van der Waals surface area contributed by atoms with E-state index >= 15 is 0 Å². The van der Waals surface area contributed by atoms with Crippen molar-refractivity contribution >= 4 is 38.7 Å². The molecule has 2 aromatic carbocycles. The third-order valence-corrected chi connectivity index (χ3v) is 7.57. The second-order valence-corrected chi connectivity index (χ2v) is 9.66. The van der Waals surface area contributed by atoms with Crippen molar-refractivity contribution in [2.45, 2.75) is 38.1 Å². The van der Waals surface area contributed by atoms with Crippen LogP contribution in [0, 0.1) is 0 Å². The molecule has 6 rings (SSSR count). The van der Waals surface area contributed by atoms with Crippen molar-refractivity contribution < 1.29 is 9.53 Å². The van der Waals surface area contributed by atoms with E-state index in [1.807, 2.05) is 17.6 Å². The summed E-state index contributed by atoms with van der Waals surface area (Å²) in [6.45, 7) is 2.75. The maximum atomic E-state index is 11.8. The number of esters is 1. The second-order valence-electron chi connectivity index (χ2n) is 8.68. The van der Waals surface area contributed by atoms with Crippen LogP contribution in [-0.2, 0) is 21.5 Å². The molecule has 6 nitrogen and oxygen atoms in total. The molecular weight excluding hydrogens is 444 g/mol. The number of carbonyl (C=O) groups excluding carboxylic acids is 1. The molecule has 3 aromatic heterocycles. The number of pyridine rings is 1. The first-order chi connectivity index (χ1) is 16.7. The molecule has 0 bridgehead atoms. The fourth-order valence-corrected chi connectivity index (χ4v) is 5.53. The lowest BCUT2D eigenvalue weighted by Crippen LogP contribution is -2.10. The minimum Gasteiger partial charge on any atom is -0.466 e. The Morgan fingerprint density at radius 3 is 2.68 bits per heavy atom. The molecule has 0 N–H and O–H groups in total. The quantitative estimate of drug-likeness (QED) is 0.285. The van der Waals surface area contributed by atoms with Crippen molar-refractivity contribution in [2.75, 3.05) is 6.61 Å². The maximum absolute atomic E-state index is 11.8. The summed E-state index contributed by atoms with van der Waals surface area (Å²) in [4.78, 5) is 27.1. The highest BCUT2D eigenvalue weighted by Gasteiger charge is 2.47. The first-order valence-corrected chi connectivity index (χ1v) is 12.4. The van der Waals surface area contributed by atoms with E-state index in [0.717, 1.165) is 50.5 Å². The minimum atomic E-state index is -0.197. The van der Waals surface area contributed by atoms with Crippen LogP contribution in [-0.4, -0.2) is 32.1 Å². The molecule has 0 unspecified atom stereocenters. The lowest BCUT2D eigenvalue weighted by atomic mass is 9.92.